The van der Waals surface area contributed by atoms with E-state index in [2.05, 4.69) is 17.6 Å². The largest absolute Gasteiger partial charge is 0.379 e. The van der Waals surface area contributed by atoms with Crippen LogP contribution in [-0.2, 0) is 47.5 Å². The van der Waals surface area contributed by atoms with Gasteiger partial charge >= 0.3 is 0 Å². The van der Waals surface area contributed by atoms with Gasteiger partial charge in [0.2, 0.25) is 17.7 Å². The van der Waals surface area contributed by atoms with E-state index in [-0.39, 0.29) is 42.0 Å². The number of benzene rings is 1. The van der Waals surface area contributed by atoms with E-state index < -0.39 is 29.7 Å². The van der Waals surface area contributed by atoms with Crippen LogP contribution in [0.2, 0.25) is 0 Å². The first-order chi connectivity index (χ1) is 29.9. The minimum absolute atomic E-state index is 0.0328. The highest BCUT2D eigenvalue weighted by molar-refractivity contribution is 6.26. The van der Waals surface area contributed by atoms with Crippen molar-refractivity contribution in [3.05, 3.63) is 29.3 Å². The van der Waals surface area contributed by atoms with Crippen molar-refractivity contribution in [2.75, 3.05) is 97.8 Å². The first-order valence-corrected chi connectivity index (χ1v) is 23.1. The quantitative estimate of drug-likeness (QED) is 0.0523. The second kappa shape index (κ2) is 34.2. The molecule has 1 unspecified atom stereocenters. The monoisotopic (exact) mass is 862 g/mol. The average Bonchev–Trinajstić information content (AvgIpc) is 3.50. The van der Waals surface area contributed by atoms with Gasteiger partial charge in [0.1, 0.15) is 6.04 Å². The van der Waals surface area contributed by atoms with Gasteiger partial charge in [-0.1, -0.05) is 96.5 Å². The van der Waals surface area contributed by atoms with E-state index in [4.69, 9.17) is 33.2 Å². The second-order valence-corrected chi connectivity index (χ2v) is 15.6. The van der Waals surface area contributed by atoms with Crippen LogP contribution in [0.5, 0.6) is 0 Å². The van der Waals surface area contributed by atoms with Crippen LogP contribution < -0.4 is 10.6 Å². The van der Waals surface area contributed by atoms with E-state index in [0.29, 0.717) is 92.3 Å². The van der Waals surface area contributed by atoms with Gasteiger partial charge in [-0.25, -0.2) is 0 Å². The molecule has 2 N–H and O–H groups in total. The third-order valence-electron chi connectivity index (χ3n) is 10.6. The zero-order valence-electron chi connectivity index (χ0n) is 37.0. The number of rotatable bonds is 40. The average molecular weight is 862 g/mol. The molecule has 1 aromatic rings. The van der Waals surface area contributed by atoms with Gasteiger partial charge < -0.3 is 38.5 Å². The van der Waals surface area contributed by atoms with E-state index >= 15 is 0 Å². The first kappa shape index (κ1) is 52.0. The molecule has 346 valence electrons. The third kappa shape index (κ3) is 22.6. The molecule has 2 aliphatic heterocycles. The predicted molar refractivity (Wildman–Crippen MR) is 232 cm³/mol. The molecule has 0 aromatic heterocycles. The van der Waals surface area contributed by atoms with Gasteiger partial charge in [0.25, 0.3) is 11.8 Å². The zero-order chi connectivity index (χ0) is 43.6. The highest BCUT2D eigenvalue weighted by Gasteiger charge is 2.45. The van der Waals surface area contributed by atoms with E-state index in [9.17, 15) is 24.0 Å². The molecule has 1 atom stereocenters. The molecule has 5 amide bonds. The van der Waals surface area contributed by atoms with E-state index in [1.807, 2.05) is 0 Å². The lowest BCUT2D eigenvalue weighted by Crippen LogP contribution is -2.54. The first-order valence-electron chi connectivity index (χ1n) is 23.1. The maximum absolute atomic E-state index is 13.2. The van der Waals surface area contributed by atoms with Gasteiger partial charge in [-0.05, 0) is 37.8 Å². The number of anilines is 1. The lowest BCUT2D eigenvalue weighted by molar-refractivity contribution is -0.136. The Labute approximate surface area is 363 Å². The summed E-state index contributed by atoms with van der Waals surface area (Å²) in [5, 5.41) is 4.92. The van der Waals surface area contributed by atoms with Crippen LogP contribution in [0.25, 0.3) is 0 Å². The fraction of sp³-hybridized carbons (Fsp3) is 0.761. The summed E-state index contributed by atoms with van der Waals surface area (Å²) >= 11 is 0. The smallest absolute Gasteiger partial charge is 0.264 e. The number of amides is 5. The summed E-state index contributed by atoms with van der Waals surface area (Å²) in [7, 11) is 0. The van der Waals surface area contributed by atoms with Crippen molar-refractivity contribution in [1.29, 1.82) is 0 Å². The number of hydrogen-bond acceptors (Lipinski definition) is 12. The molecular formula is C46H75N3O12. The number of nitrogens with zero attached hydrogens (tertiary/aromatic N) is 1. The number of carbonyl (C=O) groups excluding carboxylic acids is 5. The fourth-order valence-electron chi connectivity index (χ4n) is 7.14. The number of imide groups is 2. The van der Waals surface area contributed by atoms with Gasteiger partial charge in [-0.15, -0.1) is 0 Å². The molecule has 0 aliphatic carbocycles. The van der Waals surface area contributed by atoms with Crippen molar-refractivity contribution in [3.63, 3.8) is 0 Å². The Balaban J connectivity index is 0.995. The summed E-state index contributed by atoms with van der Waals surface area (Å²) < 4.78 is 39.0. The maximum atomic E-state index is 13.2. The molecule has 3 rings (SSSR count). The number of unbranched alkanes of at least 4 members (excludes halogenated alkanes) is 14. The topological polar surface area (TPSA) is 177 Å². The summed E-state index contributed by atoms with van der Waals surface area (Å²) in [6.45, 7) is 9.76. The van der Waals surface area contributed by atoms with Gasteiger partial charge in [-0.2, -0.15) is 0 Å². The Hall–Kier alpha value is -3.31. The molecule has 15 nitrogen and oxygen atoms in total. The minimum atomic E-state index is -1.07. The zero-order valence-corrected chi connectivity index (χ0v) is 37.0. The lowest BCUT2D eigenvalue weighted by Gasteiger charge is -2.27. The fourth-order valence-corrected chi connectivity index (χ4v) is 7.14. The summed E-state index contributed by atoms with van der Waals surface area (Å²) in [6, 6.07) is 3.55. The molecule has 61 heavy (non-hydrogen) atoms. The van der Waals surface area contributed by atoms with E-state index in [1.165, 1.54) is 83.1 Å². The number of ether oxygens (including phenoxy) is 7. The highest BCUT2D eigenvalue weighted by Crippen LogP contribution is 2.32. The number of carbonyl (C=O) groups is 5. The Morgan fingerprint density at radius 2 is 1.00 bits per heavy atom. The number of piperidine rings is 1. The molecular weight excluding hydrogens is 787 g/mol. The SMILES string of the molecule is CCCCCCCCCCCCCCCOCCOCCOCCOCCOCCOCCOCCCCCC(=O)Nc1cccc2c1C(=O)N(C1CCC(=O)NC1=O)C2=O. The van der Waals surface area contributed by atoms with Crippen LogP contribution in [-0.4, -0.2) is 133 Å². The van der Waals surface area contributed by atoms with Gasteiger partial charge in [0, 0.05) is 26.1 Å². The van der Waals surface area contributed by atoms with Crippen LogP contribution >= 0.6 is 0 Å². The van der Waals surface area contributed by atoms with Gasteiger partial charge in [-0.3, -0.25) is 34.2 Å². The highest BCUT2D eigenvalue weighted by atomic mass is 16.6. The van der Waals surface area contributed by atoms with E-state index in [0.717, 1.165) is 30.8 Å². The van der Waals surface area contributed by atoms with Crippen LogP contribution in [0, 0.1) is 0 Å². The van der Waals surface area contributed by atoms with Crippen molar-refractivity contribution in [3.8, 4) is 0 Å². The van der Waals surface area contributed by atoms with Crippen LogP contribution in [0.3, 0.4) is 0 Å². The Morgan fingerprint density at radius 3 is 1.46 bits per heavy atom. The summed E-state index contributed by atoms with van der Waals surface area (Å²) in [4.78, 5) is 63.6. The van der Waals surface area contributed by atoms with Gasteiger partial charge in [0.15, 0.2) is 0 Å². The molecule has 2 aliphatic rings. The van der Waals surface area contributed by atoms with Crippen LogP contribution in [0.4, 0.5) is 5.69 Å². The van der Waals surface area contributed by atoms with Crippen molar-refractivity contribution in [1.82, 2.24) is 10.2 Å². The third-order valence-corrected chi connectivity index (χ3v) is 10.6. The summed E-state index contributed by atoms with van der Waals surface area (Å²) in [5.74, 6) is -2.69. The molecule has 0 bridgehead atoms. The number of nitrogens with one attached hydrogen (secondary N) is 2. The van der Waals surface area contributed by atoms with Gasteiger partial charge in [0.05, 0.1) is 96.1 Å². The van der Waals surface area contributed by atoms with Crippen molar-refractivity contribution in [2.45, 2.75) is 135 Å². The Bertz CT molecular complexity index is 1400. The van der Waals surface area contributed by atoms with Crippen molar-refractivity contribution in [2.24, 2.45) is 0 Å². The standard InChI is InChI=1S/C46H75N3O12/c1-2-3-4-5-6-7-8-9-10-11-12-13-16-24-55-26-28-57-30-32-59-34-36-61-37-35-60-33-31-58-29-27-56-25-17-14-15-21-41(50)47-39-20-18-19-38-43(39)46(54)49(45(38)53)40-22-23-42(51)48-44(40)52/h18-20,40H,2-17,21-37H2,1H3,(H,47,50)(H,48,51,52). The van der Waals surface area contributed by atoms with Crippen LogP contribution in [0.15, 0.2) is 18.2 Å². The molecule has 1 aromatic carbocycles. The molecule has 1 saturated heterocycles. The maximum Gasteiger partial charge on any atom is 0.264 e. The lowest BCUT2D eigenvalue weighted by atomic mass is 10.0. The minimum Gasteiger partial charge on any atom is -0.379 e. The normalized spacial score (nSPS) is 15.2. The molecule has 1 fully saturated rings. The molecule has 0 saturated carbocycles. The second-order valence-electron chi connectivity index (χ2n) is 15.6. The Kier molecular flexibility index (Phi) is 29.2. The van der Waals surface area contributed by atoms with E-state index in [1.54, 1.807) is 12.1 Å². The van der Waals surface area contributed by atoms with Crippen molar-refractivity contribution < 1.29 is 57.1 Å². The summed E-state index contributed by atoms with van der Waals surface area (Å²) in [6.07, 6.45) is 20.1. The molecule has 0 radical (unpaired) electrons. The van der Waals surface area contributed by atoms with Crippen molar-refractivity contribution >= 4 is 35.2 Å². The predicted octanol–water partition coefficient (Wildman–Crippen LogP) is 6.79. The molecule has 2 heterocycles. The molecule has 15 heteroatoms. The van der Waals surface area contributed by atoms with Crippen LogP contribution in [0.1, 0.15) is 150 Å². The Morgan fingerprint density at radius 1 is 0.574 bits per heavy atom. The molecule has 0 spiro atoms. The summed E-state index contributed by atoms with van der Waals surface area (Å²) in [5.41, 5.74) is 0.401. The number of hydrogen-bond donors (Lipinski definition) is 2. The number of fused-ring (bicyclic) bond motifs is 1.